The Kier molecular flexibility index (Phi) is 21.3. The van der Waals surface area contributed by atoms with Gasteiger partial charge in [-0.15, -0.1) is 60.3 Å². The molecular formula is C61H61BrCl3FN22O6. The van der Waals surface area contributed by atoms with Gasteiger partial charge in [-0.1, -0.05) is 29.5 Å². The van der Waals surface area contributed by atoms with Crippen LogP contribution >= 0.6 is 50.7 Å². The van der Waals surface area contributed by atoms with Crippen LogP contribution < -0.4 is 11.1 Å². The quantitative estimate of drug-likeness (QED) is 0.0487. The van der Waals surface area contributed by atoms with E-state index in [0.717, 1.165) is 45.9 Å². The minimum absolute atomic E-state index is 0.0208. The largest absolute Gasteiger partial charge is 0.476 e. The van der Waals surface area contributed by atoms with Crippen LogP contribution in [0.1, 0.15) is 159 Å². The van der Waals surface area contributed by atoms with Crippen molar-refractivity contribution in [1.29, 1.82) is 0 Å². The molecule has 4 aliphatic rings. The highest BCUT2D eigenvalue weighted by atomic mass is 79.9. The summed E-state index contributed by atoms with van der Waals surface area (Å²) in [5, 5.41) is 43.0. The zero-order valence-corrected chi connectivity index (χ0v) is 54.2. The lowest BCUT2D eigenvalue weighted by molar-refractivity contribution is -0.114. The first-order valence-corrected chi connectivity index (χ1v) is 32.2. The first kappa shape index (κ1) is 65.8. The average molecular weight is 1400 g/mol. The molecule has 0 radical (unpaired) electrons. The number of hydrogen-bond donors (Lipinski definition) is 4. The van der Waals surface area contributed by atoms with Gasteiger partial charge in [0.25, 0.3) is 17.6 Å². The number of tetrazole rings is 2. The third kappa shape index (κ3) is 17.5. The van der Waals surface area contributed by atoms with Crippen LogP contribution in [0.5, 0.6) is 0 Å². The molecule has 0 spiro atoms. The number of ketones is 1. The number of aromatic amines is 1. The van der Waals surface area contributed by atoms with Gasteiger partial charge >= 0.3 is 11.9 Å². The smallest absolute Gasteiger partial charge is 0.380 e. The number of amides is 1. The van der Waals surface area contributed by atoms with Crippen molar-refractivity contribution in [1.82, 2.24) is 104 Å². The van der Waals surface area contributed by atoms with E-state index >= 15 is 0 Å². The van der Waals surface area contributed by atoms with Gasteiger partial charge in [-0.25, -0.2) is 43.6 Å². The number of H-pyrrole nitrogens is 1. The lowest BCUT2D eigenvalue weighted by atomic mass is 10.2. The Morgan fingerprint density at radius 3 is 1.74 bits per heavy atom. The zero-order chi connectivity index (χ0) is 65.8. The van der Waals surface area contributed by atoms with Gasteiger partial charge in [-0.2, -0.15) is 10.0 Å². The summed E-state index contributed by atoms with van der Waals surface area (Å²) in [5.74, 6) is 1.25. The molecule has 0 aromatic carbocycles. The van der Waals surface area contributed by atoms with Crippen LogP contribution in [0.3, 0.4) is 0 Å². The van der Waals surface area contributed by atoms with Gasteiger partial charge in [0.15, 0.2) is 17.3 Å². The molecule has 0 saturated heterocycles. The number of pyridine rings is 5. The van der Waals surface area contributed by atoms with Gasteiger partial charge in [0.2, 0.25) is 0 Å². The topological polar surface area (TPSA) is 347 Å². The molecule has 486 valence electrons. The minimum atomic E-state index is -1.08. The van der Waals surface area contributed by atoms with Crippen molar-refractivity contribution in [2.75, 3.05) is 24.1 Å². The highest BCUT2D eigenvalue weighted by molar-refractivity contribution is 9.10. The number of fused-ring (bicyclic) bond motifs is 4. The summed E-state index contributed by atoms with van der Waals surface area (Å²) in [6.45, 7) is 2.73. The van der Waals surface area contributed by atoms with E-state index in [-0.39, 0.29) is 53.5 Å². The molecule has 5 N–H and O–H groups in total. The van der Waals surface area contributed by atoms with E-state index in [1.54, 1.807) is 23.6 Å². The van der Waals surface area contributed by atoms with Crippen molar-refractivity contribution < 1.29 is 33.4 Å². The summed E-state index contributed by atoms with van der Waals surface area (Å²) < 4.78 is 28.4. The van der Waals surface area contributed by atoms with Crippen LogP contribution in [-0.4, -0.2) is 145 Å². The number of anilines is 1. The number of nitrogens with one attached hydrogen (secondary N) is 2. The zero-order valence-electron chi connectivity index (χ0n) is 50.3. The SMILES string of the molecule is CCOC(=O)c1nn[nH]n1.ClCc1cn2cc(C3CC3)ccc2n1.Nc1ccc(C2CC2)cn1.O=C(CCl)CCl.O=C(NCc1ncn2ccc(Br)c(F)c12)c1nnn(Cc2cn3cc(C4CC4)ccc3n2)n1.O=C(O)c1cn(Cc2cn3cc(C4CC4)ccc3n2)nn1. The fraction of sp³-hybridized carbons (Fsp3) is 0.328. The van der Waals surface area contributed by atoms with Gasteiger partial charge in [-0.3, -0.25) is 9.59 Å². The number of imidazole rings is 4. The number of hydrogen-bond acceptors (Lipinski definition) is 19. The van der Waals surface area contributed by atoms with Crippen molar-refractivity contribution in [2.45, 2.75) is 107 Å². The summed E-state index contributed by atoms with van der Waals surface area (Å²) in [6, 6.07) is 18.0. The number of aromatic nitrogens is 20. The number of carboxylic acids is 1. The molecule has 12 aromatic rings. The fourth-order valence-corrected chi connectivity index (χ4v) is 10.3. The Labute approximate surface area is 557 Å². The summed E-state index contributed by atoms with van der Waals surface area (Å²) in [4.78, 5) is 66.9. The molecular weight excluding hydrogens is 1340 g/mol. The van der Waals surface area contributed by atoms with Crippen LogP contribution in [0.15, 0.2) is 121 Å². The number of carbonyl (C=O) groups is 4. The second kappa shape index (κ2) is 30.4. The average Bonchev–Trinajstić information content (AvgIpc) is 1.70. The number of aromatic carboxylic acids is 1. The van der Waals surface area contributed by atoms with Crippen molar-refractivity contribution in [2.24, 2.45) is 0 Å². The molecule has 0 atom stereocenters. The summed E-state index contributed by atoms with van der Waals surface area (Å²) in [6.07, 6.45) is 29.1. The van der Waals surface area contributed by atoms with Crippen LogP contribution in [0.2, 0.25) is 0 Å². The maximum Gasteiger partial charge on any atom is 0.380 e. The van der Waals surface area contributed by atoms with Gasteiger partial charge in [0.05, 0.1) is 77.1 Å². The van der Waals surface area contributed by atoms with E-state index in [1.165, 1.54) is 95.6 Å². The number of ether oxygens (including phenoxy) is 1. The minimum Gasteiger partial charge on any atom is -0.476 e. The molecule has 28 nitrogen and oxygen atoms in total. The normalized spacial score (nSPS) is 13.9. The molecule has 1 amide bonds. The van der Waals surface area contributed by atoms with Crippen molar-refractivity contribution in [3.63, 3.8) is 0 Å². The molecule has 12 heterocycles. The summed E-state index contributed by atoms with van der Waals surface area (Å²) in [7, 11) is 0. The molecule has 16 rings (SSSR count). The molecule has 0 unspecified atom stereocenters. The molecule has 0 aliphatic heterocycles. The Balaban J connectivity index is 0.000000126. The van der Waals surface area contributed by atoms with Crippen LogP contribution in [0.4, 0.5) is 10.2 Å². The number of nitrogens with zero attached hydrogens (tertiary/aromatic N) is 19. The van der Waals surface area contributed by atoms with Gasteiger partial charge in [-0.05, 0) is 161 Å². The van der Waals surface area contributed by atoms with E-state index < -0.39 is 23.7 Å². The molecule has 33 heteroatoms. The molecule has 0 bridgehead atoms. The molecule has 4 aliphatic carbocycles. The Morgan fingerprint density at radius 1 is 0.681 bits per heavy atom. The number of halogens is 5. The summed E-state index contributed by atoms with van der Waals surface area (Å²) >= 11 is 18.9. The third-order valence-electron chi connectivity index (χ3n) is 14.9. The molecule has 4 saturated carbocycles. The Morgan fingerprint density at radius 2 is 1.24 bits per heavy atom. The maximum absolute atomic E-state index is 14.4. The number of nitrogens with two attached hydrogens (primary N) is 1. The van der Waals surface area contributed by atoms with Crippen molar-refractivity contribution in [3.8, 4) is 0 Å². The first-order chi connectivity index (χ1) is 45.6. The molecule has 12 aromatic heterocycles. The Hall–Kier alpha value is -9.65. The predicted octanol–water partition coefficient (Wildman–Crippen LogP) is 9.18. The molecule has 94 heavy (non-hydrogen) atoms. The number of carbonyl (C=O) groups excluding carboxylic acids is 3. The van der Waals surface area contributed by atoms with Crippen LogP contribution in [0, 0.1) is 5.82 Å². The number of Topliss-reactive ketones (excluding diaryl/α,β-unsaturated/α-hetero) is 1. The fourth-order valence-electron chi connectivity index (χ4n) is 9.57. The van der Waals surface area contributed by atoms with Crippen molar-refractivity contribution >= 4 is 103 Å². The number of esters is 1. The van der Waals surface area contributed by atoms with E-state index in [4.69, 9.17) is 45.6 Å². The molecule has 4 fully saturated rings. The van der Waals surface area contributed by atoms with Crippen LogP contribution in [0.25, 0.3) is 22.5 Å². The van der Waals surface area contributed by atoms with Gasteiger partial charge in [0.1, 0.15) is 34.8 Å². The lowest BCUT2D eigenvalue weighted by Gasteiger charge is -2.03. The number of nitrogen functional groups attached to an aromatic ring is 1. The van der Waals surface area contributed by atoms with Crippen LogP contribution in [-0.2, 0) is 35.0 Å². The second-order valence-electron chi connectivity index (χ2n) is 22.2. The van der Waals surface area contributed by atoms with E-state index in [2.05, 4.69) is 151 Å². The van der Waals surface area contributed by atoms with Crippen molar-refractivity contribution in [3.05, 3.63) is 189 Å². The highest BCUT2D eigenvalue weighted by Crippen LogP contribution is 2.42. The standard InChI is InChI=1S/C21H17BrFN9O.C14H13N5O2.C11H11ClN2.C8H10N2.C4H6N4O2.C3H4Cl2O/c22-15-5-6-30-11-25-16(19(30)18(15)23)7-24-21(33)20-27-29-32(28-20)10-14-9-31-8-13(12-1-2-12)3-4-17(31)26-14;20-14(21)12-8-19(17-16-12)7-11-6-18-5-10(9-1-2-9)3-4-13(18)15-11;12-5-10-7-14-6-9(8-1-2-8)3-4-11(14)13-10;9-8-4-3-7(5-10-8)6-1-2-6;1-2-10-4(9)3-5-7-8-6-3;4-1-3(6)2-5/h3-6,8-9,11-12H,1-2,7,10H2,(H,24,33);3-6,8-9H,1-2,7H2,(H,20,21);3-4,6-8H,1-2,5H2;3-6H,1-2H2,(H2,9,10);2H2,1H3,(H,5,6,7,8);1-2H2. The van der Waals surface area contributed by atoms with E-state index in [0.29, 0.717) is 46.9 Å². The lowest BCUT2D eigenvalue weighted by Crippen LogP contribution is -2.24. The van der Waals surface area contributed by atoms with Gasteiger partial charge < -0.3 is 38.5 Å². The summed E-state index contributed by atoms with van der Waals surface area (Å²) in [5.41, 5.74) is 16.7. The number of carboxylic acid groups (broad SMARTS) is 1. The third-order valence-corrected chi connectivity index (χ3v) is 16.4. The number of alkyl halides is 3. The number of rotatable bonds is 17. The highest BCUT2D eigenvalue weighted by Gasteiger charge is 2.27. The maximum atomic E-state index is 14.4. The predicted molar refractivity (Wildman–Crippen MR) is 345 cm³/mol. The van der Waals surface area contributed by atoms with E-state index in [1.807, 2.05) is 51.8 Å². The first-order valence-electron chi connectivity index (χ1n) is 29.8. The Bertz CT molecular complexity index is 4590. The monoisotopic (exact) mass is 1400 g/mol. The second-order valence-corrected chi connectivity index (χ2v) is 23.9. The van der Waals surface area contributed by atoms with E-state index in [9.17, 15) is 23.6 Å². The van der Waals surface area contributed by atoms with Gasteiger partial charge in [0, 0.05) is 49.6 Å².